The summed E-state index contributed by atoms with van der Waals surface area (Å²) >= 11 is 0. The first-order valence-corrected chi connectivity index (χ1v) is 10.0. The van der Waals surface area contributed by atoms with Gasteiger partial charge in [0.2, 0.25) is 0 Å². The largest absolute Gasteiger partial charge is 0.457 e. The van der Waals surface area contributed by atoms with Crippen molar-refractivity contribution in [2.75, 3.05) is 12.4 Å². The van der Waals surface area contributed by atoms with Gasteiger partial charge in [0.1, 0.15) is 28.8 Å². The number of rotatable bonds is 6. The Balaban J connectivity index is 1.58. The Kier molecular flexibility index (Phi) is 6.30. The summed E-state index contributed by atoms with van der Waals surface area (Å²) in [5.41, 5.74) is 0.340. The number of hydrogen-bond donors (Lipinski definition) is 2. The van der Waals surface area contributed by atoms with Gasteiger partial charge in [0.25, 0.3) is 11.8 Å². The van der Waals surface area contributed by atoms with Gasteiger partial charge in [-0.3, -0.25) is 14.6 Å². The van der Waals surface area contributed by atoms with Crippen LogP contribution in [0.25, 0.3) is 11.3 Å². The van der Waals surface area contributed by atoms with Crippen LogP contribution in [0.1, 0.15) is 26.9 Å². The number of benzene rings is 2. The number of amides is 2. The van der Waals surface area contributed by atoms with Gasteiger partial charge in [-0.15, -0.1) is 0 Å². The second-order valence-corrected chi connectivity index (χ2v) is 7.07. The van der Waals surface area contributed by atoms with Crippen LogP contribution in [0.5, 0.6) is 11.5 Å². The van der Waals surface area contributed by atoms with Gasteiger partial charge in [0.05, 0.1) is 5.69 Å². The highest BCUT2D eigenvalue weighted by Crippen LogP contribution is 2.29. The van der Waals surface area contributed by atoms with Crippen molar-refractivity contribution in [3.05, 3.63) is 89.7 Å². The minimum atomic E-state index is -0.724. The highest BCUT2D eigenvalue weighted by atomic mass is 19.1. The molecule has 2 heterocycles. The Morgan fingerprint density at radius 3 is 2.44 bits per heavy atom. The fraction of sp³-hybridized carbons (Fsp3) is 0.0833. The molecule has 0 atom stereocenters. The van der Waals surface area contributed by atoms with E-state index in [2.05, 4.69) is 20.6 Å². The van der Waals surface area contributed by atoms with Crippen molar-refractivity contribution < 1.29 is 27.5 Å². The number of halogens is 2. The standard InChI is InChI=1S/C24H18F2N4O4/c1-13-29-21(22(33-13)14-3-5-15(25)6-4-14)24(32)30-19-11-16(7-8-18(19)26)34-17-9-10-28-20(12-17)23(31)27-2/h3-12H,1-2H3,(H,27,31)(H,30,32). The van der Waals surface area contributed by atoms with Gasteiger partial charge >= 0.3 is 0 Å². The molecule has 2 N–H and O–H groups in total. The third kappa shape index (κ3) is 4.90. The number of nitrogens with zero attached hydrogens (tertiary/aromatic N) is 2. The molecule has 2 aromatic carbocycles. The first kappa shape index (κ1) is 22.6. The van der Waals surface area contributed by atoms with Crippen LogP contribution in [0.4, 0.5) is 14.5 Å². The van der Waals surface area contributed by atoms with Crippen molar-refractivity contribution in [3.63, 3.8) is 0 Å². The molecule has 0 fully saturated rings. The summed E-state index contributed by atoms with van der Waals surface area (Å²) in [4.78, 5) is 32.7. The van der Waals surface area contributed by atoms with E-state index >= 15 is 0 Å². The molecule has 0 saturated carbocycles. The smallest absolute Gasteiger partial charge is 0.278 e. The quantitative estimate of drug-likeness (QED) is 0.427. The molecule has 0 unspecified atom stereocenters. The van der Waals surface area contributed by atoms with Crippen molar-refractivity contribution in [1.29, 1.82) is 0 Å². The molecular weight excluding hydrogens is 446 g/mol. The monoisotopic (exact) mass is 464 g/mol. The van der Waals surface area contributed by atoms with Crippen LogP contribution in [0.15, 0.2) is 65.2 Å². The third-order valence-electron chi connectivity index (χ3n) is 4.67. The van der Waals surface area contributed by atoms with Crippen LogP contribution < -0.4 is 15.4 Å². The van der Waals surface area contributed by atoms with Crippen molar-refractivity contribution in [3.8, 4) is 22.8 Å². The summed E-state index contributed by atoms with van der Waals surface area (Å²) in [7, 11) is 1.48. The SMILES string of the molecule is CNC(=O)c1cc(Oc2ccc(F)c(NC(=O)c3nc(C)oc3-c3ccc(F)cc3)c2)ccn1. The highest BCUT2D eigenvalue weighted by Gasteiger charge is 2.22. The molecule has 4 aromatic rings. The summed E-state index contributed by atoms with van der Waals surface area (Å²) in [6.07, 6.45) is 1.40. The molecule has 0 bridgehead atoms. The van der Waals surface area contributed by atoms with Crippen LogP contribution >= 0.6 is 0 Å². The number of aryl methyl sites for hydroxylation is 1. The number of ether oxygens (including phenoxy) is 1. The molecule has 0 saturated heterocycles. The minimum Gasteiger partial charge on any atom is -0.457 e. The van der Waals surface area contributed by atoms with Crippen LogP contribution in [-0.2, 0) is 0 Å². The fourth-order valence-electron chi connectivity index (χ4n) is 3.09. The van der Waals surface area contributed by atoms with E-state index in [1.54, 1.807) is 6.92 Å². The van der Waals surface area contributed by atoms with Crippen molar-refractivity contribution >= 4 is 17.5 Å². The summed E-state index contributed by atoms with van der Waals surface area (Å²) in [5.74, 6) is -1.42. The predicted octanol–water partition coefficient (Wildman–Crippen LogP) is 4.73. The third-order valence-corrected chi connectivity index (χ3v) is 4.67. The zero-order chi connectivity index (χ0) is 24.2. The topological polar surface area (TPSA) is 106 Å². The molecule has 10 heteroatoms. The van der Waals surface area contributed by atoms with Gasteiger partial charge in [0, 0.05) is 37.9 Å². The number of carbonyl (C=O) groups excluding carboxylic acids is 2. The highest BCUT2D eigenvalue weighted by molar-refractivity contribution is 6.06. The lowest BCUT2D eigenvalue weighted by Gasteiger charge is -2.10. The van der Waals surface area contributed by atoms with E-state index in [0.29, 0.717) is 11.3 Å². The number of hydrogen-bond acceptors (Lipinski definition) is 6. The summed E-state index contributed by atoms with van der Waals surface area (Å²) < 4.78 is 38.9. The maximum Gasteiger partial charge on any atom is 0.278 e. The van der Waals surface area contributed by atoms with E-state index < -0.39 is 23.4 Å². The predicted molar refractivity (Wildman–Crippen MR) is 119 cm³/mol. The van der Waals surface area contributed by atoms with Crippen LogP contribution in [-0.4, -0.2) is 28.8 Å². The van der Waals surface area contributed by atoms with Gasteiger partial charge in [-0.05, 0) is 42.5 Å². The van der Waals surface area contributed by atoms with Crippen LogP contribution in [0, 0.1) is 18.6 Å². The molecule has 0 radical (unpaired) electrons. The van der Waals surface area contributed by atoms with Crippen molar-refractivity contribution in [2.24, 2.45) is 0 Å². The Morgan fingerprint density at radius 1 is 0.971 bits per heavy atom. The van der Waals surface area contributed by atoms with Gasteiger partial charge in [-0.1, -0.05) is 0 Å². The summed E-state index contributed by atoms with van der Waals surface area (Å²) in [5, 5.41) is 4.92. The van der Waals surface area contributed by atoms with E-state index in [1.807, 2.05) is 0 Å². The molecular formula is C24H18F2N4O4. The number of anilines is 1. The zero-order valence-electron chi connectivity index (χ0n) is 18.1. The molecule has 2 amide bonds. The first-order valence-electron chi connectivity index (χ1n) is 10.0. The van der Waals surface area contributed by atoms with Crippen LogP contribution in [0.2, 0.25) is 0 Å². The molecule has 0 aliphatic rings. The van der Waals surface area contributed by atoms with E-state index in [4.69, 9.17) is 9.15 Å². The number of pyridine rings is 1. The maximum absolute atomic E-state index is 14.5. The average molecular weight is 464 g/mol. The van der Waals surface area contributed by atoms with Crippen molar-refractivity contribution in [1.82, 2.24) is 15.3 Å². The average Bonchev–Trinajstić information content (AvgIpc) is 3.23. The van der Waals surface area contributed by atoms with E-state index in [1.165, 1.54) is 61.8 Å². The Labute approximate surface area is 192 Å². The van der Waals surface area contributed by atoms with Gasteiger partial charge in [-0.25, -0.2) is 13.8 Å². The number of oxazole rings is 1. The Bertz CT molecular complexity index is 1370. The van der Waals surface area contributed by atoms with Gasteiger partial charge in [-0.2, -0.15) is 0 Å². The van der Waals surface area contributed by atoms with E-state index in [9.17, 15) is 18.4 Å². The first-order chi connectivity index (χ1) is 16.3. The molecule has 4 rings (SSSR count). The molecule has 2 aromatic heterocycles. The van der Waals surface area contributed by atoms with Gasteiger partial charge < -0.3 is 19.8 Å². The lowest BCUT2D eigenvalue weighted by molar-refractivity contribution is 0.0956. The minimum absolute atomic E-state index is 0.0841. The molecule has 0 aliphatic carbocycles. The molecule has 172 valence electrons. The van der Waals surface area contributed by atoms with E-state index in [-0.39, 0.29) is 34.5 Å². The van der Waals surface area contributed by atoms with E-state index in [0.717, 1.165) is 6.07 Å². The zero-order valence-corrected chi connectivity index (χ0v) is 18.1. The number of aromatic nitrogens is 2. The normalized spacial score (nSPS) is 10.6. The van der Waals surface area contributed by atoms with Gasteiger partial charge in [0.15, 0.2) is 17.3 Å². The molecule has 34 heavy (non-hydrogen) atoms. The van der Waals surface area contributed by atoms with Crippen molar-refractivity contribution in [2.45, 2.75) is 6.92 Å². The lowest BCUT2D eigenvalue weighted by atomic mass is 10.1. The maximum atomic E-state index is 14.5. The second kappa shape index (κ2) is 9.49. The fourth-order valence-corrected chi connectivity index (χ4v) is 3.09. The number of nitrogens with one attached hydrogen (secondary N) is 2. The lowest BCUT2D eigenvalue weighted by Crippen LogP contribution is -2.18. The summed E-state index contributed by atoms with van der Waals surface area (Å²) in [6.45, 7) is 1.56. The van der Waals surface area contributed by atoms with Crippen LogP contribution in [0.3, 0.4) is 0 Å². The number of carbonyl (C=O) groups is 2. The Morgan fingerprint density at radius 2 is 1.71 bits per heavy atom. The summed E-state index contributed by atoms with van der Waals surface area (Å²) in [6, 6.07) is 12.1. The Hall–Kier alpha value is -4.60. The molecule has 0 aliphatic heterocycles. The second-order valence-electron chi connectivity index (χ2n) is 7.07. The molecule has 8 nitrogen and oxygen atoms in total. The molecule has 0 spiro atoms.